The van der Waals surface area contributed by atoms with Gasteiger partial charge in [-0.25, -0.2) is 0 Å². The first-order valence-electron chi connectivity index (χ1n) is 9.35. The fraction of sp³-hybridized carbons (Fsp3) is 0.455. The Labute approximate surface area is 146 Å². The van der Waals surface area contributed by atoms with Crippen molar-refractivity contribution in [3.8, 4) is 11.5 Å². The maximum atomic E-state index is 5.90. The summed E-state index contributed by atoms with van der Waals surface area (Å²) in [5.41, 5.74) is 1.37. The molecule has 1 aliphatic rings. The van der Waals surface area contributed by atoms with E-state index >= 15 is 0 Å². The fourth-order valence-electron chi connectivity index (χ4n) is 3.68. The van der Waals surface area contributed by atoms with Crippen LogP contribution in [0, 0.1) is 5.92 Å². The molecule has 2 heteroatoms. The Bertz CT molecular complexity index is 608. The Morgan fingerprint density at radius 2 is 1.71 bits per heavy atom. The molecular weight excluding hydrogens is 294 g/mol. The van der Waals surface area contributed by atoms with Gasteiger partial charge in [0.05, 0.1) is 0 Å². The van der Waals surface area contributed by atoms with Crippen LogP contribution in [0.3, 0.4) is 0 Å². The Hall–Kier alpha value is -1.80. The summed E-state index contributed by atoms with van der Waals surface area (Å²) in [6.45, 7) is 4.64. The SMILES string of the molecule is CCCC(NC1CCCC1C)c1ccc(Oc2ccccc2)cc1. The van der Waals surface area contributed by atoms with Crippen molar-refractivity contribution in [2.45, 2.75) is 58.0 Å². The number of benzene rings is 2. The number of rotatable bonds is 7. The van der Waals surface area contributed by atoms with E-state index in [9.17, 15) is 0 Å². The smallest absolute Gasteiger partial charge is 0.127 e. The van der Waals surface area contributed by atoms with Crippen LogP contribution < -0.4 is 10.1 Å². The van der Waals surface area contributed by atoms with Crippen molar-refractivity contribution < 1.29 is 4.74 Å². The zero-order chi connectivity index (χ0) is 16.8. The molecule has 0 aromatic heterocycles. The van der Waals surface area contributed by atoms with Crippen LogP contribution in [0.4, 0.5) is 0 Å². The second-order valence-corrected chi connectivity index (χ2v) is 7.01. The number of hydrogen-bond acceptors (Lipinski definition) is 2. The molecule has 2 aromatic rings. The lowest BCUT2D eigenvalue weighted by atomic mass is 9.98. The molecule has 0 radical (unpaired) electrons. The predicted octanol–water partition coefficient (Wildman–Crippen LogP) is 6.10. The van der Waals surface area contributed by atoms with Crippen LogP contribution in [0.1, 0.15) is 57.6 Å². The van der Waals surface area contributed by atoms with Crippen molar-refractivity contribution in [3.05, 3.63) is 60.2 Å². The lowest BCUT2D eigenvalue weighted by Gasteiger charge is -2.26. The Balaban J connectivity index is 1.67. The van der Waals surface area contributed by atoms with Gasteiger partial charge in [-0.1, -0.05) is 57.0 Å². The molecule has 2 aromatic carbocycles. The summed E-state index contributed by atoms with van der Waals surface area (Å²) in [7, 11) is 0. The molecule has 128 valence electrons. The van der Waals surface area contributed by atoms with E-state index in [1.807, 2.05) is 30.3 Å². The van der Waals surface area contributed by atoms with Gasteiger partial charge >= 0.3 is 0 Å². The van der Waals surface area contributed by atoms with Crippen LogP contribution in [0.5, 0.6) is 11.5 Å². The van der Waals surface area contributed by atoms with Gasteiger partial charge in [-0.15, -0.1) is 0 Å². The minimum absolute atomic E-state index is 0.450. The van der Waals surface area contributed by atoms with Gasteiger partial charge in [0, 0.05) is 12.1 Å². The highest BCUT2D eigenvalue weighted by Crippen LogP contribution is 2.30. The van der Waals surface area contributed by atoms with Crippen LogP contribution in [-0.4, -0.2) is 6.04 Å². The van der Waals surface area contributed by atoms with E-state index in [-0.39, 0.29) is 0 Å². The third-order valence-corrected chi connectivity index (χ3v) is 5.12. The summed E-state index contributed by atoms with van der Waals surface area (Å²) >= 11 is 0. The summed E-state index contributed by atoms with van der Waals surface area (Å²) in [5, 5.41) is 3.91. The van der Waals surface area contributed by atoms with E-state index in [1.165, 1.54) is 37.7 Å². The van der Waals surface area contributed by atoms with Crippen LogP contribution in [0.15, 0.2) is 54.6 Å². The van der Waals surface area contributed by atoms with Crippen molar-refractivity contribution in [2.24, 2.45) is 5.92 Å². The molecule has 3 unspecified atom stereocenters. The van der Waals surface area contributed by atoms with Crippen molar-refractivity contribution in [2.75, 3.05) is 0 Å². The van der Waals surface area contributed by atoms with Crippen LogP contribution >= 0.6 is 0 Å². The maximum Gasteiger partial charge on any atom is 0.127 e. The van der Waals surface area contributed by atoms with E-state index in [4.69, 9.17) is 4.74 Å². The van der Waals surface area contributed by atoms with E-state index in [0.29, 0.717) is 12.1 Å². The van der Waals surface area contributed by atoms with Gasteiger partial charge in [0.25, 0.3) is 0 Å². The second kappa shape index (κ2) is 8.34. The van der Waals surface area contributed by atoms with E-state index < -0.39 is 0 Å². The average Bonchev–Trinajstić information content (AvgIpc) is 3.01. The first kappa shape index (κ1) is 17.0. The second-order valence-electron chi connectivity index (χ2n) is 7.01. The van der Waals surface area contributed by atoms with Crippen molar-refractivity contribution >= 4 is 0 Å². The molecule has 1 aliphatic carbocycles. The van der Waals surface area contributed by atoms with Gasteiger partial charge < -0.3 is 10.1 Å². The molecule has 0 aliphatic heterocycles. The molecule has 3 atom stereocenters. The molecule has 3 rings (SSSR count). The van der Waals surface area contributed by atoms with E-state index in [1.54, 1.807) is 0 Å². The molecule has 0 saturated heterocycles. The molecule has 24 heavy (non-hydrogen) atoms. The lowest BCUT2D eigenvalue weighted by Crippen LogP contribution is -2.34. The number of ether oxygens (including phenoxy) is 1. The summed E-state index contributed by atoms with van der Waals surface area (Å²) < 4.78 is 5.90. The molecule has 0 bridgehead atoms. The van der Waals surface area contributed by atoms with Gasteiger partial charge in [0.2, 0.25) is 0 Å². The first-order chi connectivity index (χ1) is 11.8. The number of para-hydroxylation sites is 1. The molecule has 2 nitrogen and oxygen atoms in total. The first-order valence-corrected chi connectivity index (χ1v) is 9.35. The zero-order valence-electron chi connectivity index (χ0n) is 14.9. The summed E-state index contributed by atoms with van der Waals surface area (Å²) in [6.07, 6.45) is 6.42. The minimum atomic E-state index is 0.450. The Kier molecular flexibility index (Phi) is 5.92. The van der Waals surface area contributed by atoms with Gasteiger partial charge in [-0.2, -0.15) is 0 Å². The monoisotopic (exact) mass is 323 g/mol. The molecule has 0 spiro atoms. The minimum Gasteiger partial charge on any atom is -0.457 e. The van der Waals surface area contributed by atoms with Crippen LogP contribution in [0.2, 0.25) is 0 Å². The third kappa shape index (κ3) is 4.39. The molecule has 1 fully saturated rings. The zero-order valence-corrected chi connectivity index (χ0v) is 14.9. The largest absolute Gasteiger partial charge is 0.457 e. The summed E-state index contributed by atoms with van der Waals surface area (Å²) in [5.74, 6) is 2.58. The van der Waals surface area contributed by atoms with Crippen molar-refractivity contribution in [3.63, 3.8) is 0 Å². The fourth-order valence-corrected chi connectivity index (χ4v) is 3.68. The standard InChI is InChI=1S/C22H29NO/c1-3-8-22(23-21-12-7-9-17(21)2)18-13-15-20(16-14-18)24-19-10-5-4-6-11-19/h4-6,10-11,13-17,21-23H,3,7-9,12H2,1-2H3. The highest BCUT2D eigenvalue weighted by molar-refractivity contribution is 5.34. The van der Waals surface area contributed by atoms with Gasteiger partial charge in [0.1, 0.15) is 11.5 Å². The normalized spacial score (nSPS) is 21.6. The van der Waals surface area contributed by atoms with E-state index in [2.05, 4.69) is 43.4 Å². The molecule has 0 heterocycles. The Morgan fingerprint density at radius 3 is 2.33 bits per heavy atom. The molecular formula is C22H29NO. The van der Waals surface area contributed by atoms with E-state index in [0.717, 1.165) is 17.4 Å². The summed E-state index contributed by atoms with van der Waals surface area (Å²) in [6, 6.07) is 19.7. The molecule has 0 amide bonds. The summed E-state index contributed by atoms with van der Waals surface area (Å²) in [4.78, 5) is 0. The lowest BCUT2D eigenvalue weighted by molar-refractivity contribution is 0.361. The van der Waals surface area contributed by atoms with Crippen LogP contribution in [-0.2, 0) is 0 Å². The van der Waals surface area contributed by atoms with Crippen LogP contribution in [0.25, 0.3) is 0 Å². The van der Waals surface area contributed by atoms with Crippen molar-refractivity contribution in [1.82, 2.24) is 5.32 Å². The topological polar surface area (TPSA) is 21.3 Å². The third-order valence-electron chi connectivity index (χ3n) is 5.12. The maximum absolute atomic E-state index is 5.90. The highest BCUT2D eigenvalue weighted by Gasteiger charge is 2.25. The van der Waals surface area contributed by atoms with Gasteiger partial charge in [0.15, 0.2) is 0 Å². The predicted molar refractivity (Wildman–Crippen MR) is 101 cm³/mol. The van der Waals surface area contributed by atoms with Gasteiger partial charge in [-0.3, -0.25) is 0 Å². The molecule has 1 N–H and O–H groups in total. The van der Waals surface area contributed by atoms with Gasteiger partial charge in [-0.05, 0) is 55.0 Å². The van der Waals surface area contributed by atoms with Crippen molar-refractivity contribution in [1.29, 1.82) is 0 Å². The Morgan fingerprint density at radius 1 is 1.00 bits per heavy atom. The quantitative estimate of drug-likeness (QED) is 0.665. The number of hydrogen-bond donors (Lipinski definition) is 1. The highest BCUT2D eigenvalue weighted by atomic mass is 16.5. The number of nitrogens with one attached hydrogen (secondary N) is 1. The average molecular weight is 323 g/mol. The molecule has 1 saturated carbocycles.